The molecule has 9 nitrogen and oxygen atoms in total. The Kier molecular flexibility index (Phi) is 9.07. The summed E-state index contributed by atoms with van der Waals surface area (Å²) >= 11 is 0. The van der Waals surface area contributed by atoms with Gasteiger partial charge in [-0.15, -0.1) is 0 Å². The van der Waals surface area contributed by atoms with Crippen molar-refractivity contribution in [2.75, 3.05) is 6.54 Å². The summed E-state index contributed by atoms with van der Waals surface area (Å²) in [7, 11) is 0. The number of carbonyl (C=O) groups is 4. The Morgan fingerprint density at radius 2 is 1.68 bits per heavy atom. The molecule has 1 aliphatic heterocycles. The fourth-order valence-corrected chi connectivity index (χ4v) is 5.10. The van der Waals surface area contributed by atoms with Crippen molar-refractivity contribution in [2.24, 2.45) is 11.8 Å². The van der Waals surface area contributed by atoms with E-state index < -0.39 is 48.0 Å². The molecule has 2 aliphatic carbocycles. The van der Waals surface area contributed by atoms with Crippen molar-refractivity contribution in [2.45, 2.75) is 101 Å². The van der Waals surface area contributed by atoms with Crippen molar-refractivity contribution in [1.82, 2.24) is 16.0 Å². The van der Waals surface area contributed by atoms with Gasteiger partial charge in [0.2, 0.25) is 17.7 Å². The van der Waals surface area contributed by atoms with Gasteiger partial charge in [-0.05, 0) is 38.0 Å². The molecule has 3 atom stereocenters. The quantitative estimate of drug-likeness (QED) is 0.395. The highest BCUT2D eigenvalue weighted by Gasteiger charge is 2.37. The van der Waals surface area contributed by atoms with Crippen LogP contribution in [0.25, 0.3) is 0 Å². The van der Waals surface area contributed by atoms with Crippen LogP contribution in [-0.4, -0.2) is 59.6 Å². The number of amides is 3. The second-order valence-corrected chi connectivity index (χ2v) is 9.81. The molecule has 0 aromatic carbocycles. The molecule has 2 unspecified atom stereocenters. The predicted octanol–water partition coefficient (Wildman–Crippen LogP) is 2.73. The average Bonchev–Trinajstić information content (AvgIpc) is 3.19. The van der Waals surface area contributed by atoms with Crippen LogP contribution < -0.4 is 16.0 Å². The Bertz CT molecular complexity index is 749. The minimum atomic E-state index is -2.75. The first-order valence-electron chi connectivity index (χ1n) is 12.3. The molecule has 0 bridgehead atoms. The molecule has 34 heavy (non-hydrogen) atoms. The molecule has 192 valence electrons. The zero-order valence-electron chi connectivity index (χ0n) is 19.3. The fourth-order valence-electron chi connectivity index (χ4n) is 5.10. The van der Waals surface area contributed by atoms with Crippen LogP contribution in [-0.2, 0) is 19.1 Å². The van der Waals surface area contributed by atoms with Crippen molar-refractivity contribution in [3.63, 3.8) is 0 Å². The van der Waals surface area contributed by atoms with E-state index in [4.69, 9.17) is 4.74 Å². The Balaban J connectivity index is 1.60. The molecule has 0 spiro atoms. The molecule has 0 aromatic rings. The fraction of sp³-hybridized carbons (Fsp3) is 0.826. The van der Waals surface area contributed by atoms with Gasteiger partial charge in [0.05, 0.1) is 0 Å². The van der Waals surface area contributed by atoms with Crippen LogP contribution in [0.4, 0.5) is 13.6 Å². The van der Waals surface area contributed by atoms with Crippen molar-refractivity contribution in [1.29, 1.82) is 0 Å². The van der Waals surface area contributed by atoms with E-state index >= 15 is 0 Å². The highest BCUT2D eigenvalue weighted by atomic mass is 19.3. The van der Waals surface area contributed by atoms with Crippen molar-refractivity contribution < 1.29 is 37.8 Å². The first-order valence-corrected chi connectivity index (χ1v) is 12.3. The molecule has 11 heteroatoms. The standard InChI is InChI=1S/C23H35F2N3O6/c24-23(25)9-6-16(7-10-23)34-22(33)28-17(12-14-4-2-1-3-5-14)20(30)27-18(21(31)32)13-15-8-11-26-19(15)29/h14-18H,1-13H2,(H,26,29)(H,27,30)(H,28,33)(H,31,32)/t15-,17?,18?/m0/s1. The number of carboxylic acid groups (broad SMARTS) is 1. The molecule has 3 fully saturated rings. The Labute approximate surface area is 197 Å². The van der Waals surface area contributed by atoms with Crippen LogP contribution in [0.15, 0.2) is 0 Å². The van der Waals surface area contributed by atoms with Gasteiger partial charge in [-0.1, -0.05) is 32.1 Å². The number of ether oxygens (including phenoxy) is 1. The molecule has 1 heterocycles. The van der Waals surface area contributed by atoms with Crippen molar-refractivity contribution in [3.8, 4) is 0 Å². The second-order valence-electron chi connectivity index (χ2n) is 9.81. The van der Waals surface area contributed by atoms with Gasteiger partial charge in [0.15, 0.2) is 0 Å². The number of aliphatic carboxylic acids is 1. The topological polar surface area (TPSA) is 134 Å². The highest BCUT2D eigenvalue weighted by Crippen LogP contribution is 2.34. The van der Waals surface area contributed by atoms with Gasteiger partial charge in [-0.3, -0.25) is 9.59 Å². The third kappa shape index (κ3) is 7.80. The van der Waals surface area contributed by atoms with Crippen LogP contribution in [0, 0.1) is 11.8 Å². The molecular weight excluding hydrogens is 452 g/mol. The molecule has 3 aliphatic rings. The largest absolute Gasteiger partial charge is 0.480 e. The minimum absolute atomic E-state index is 0.0379. The van der Waals surface area contributed by atoms with Gasteiger partial charge in [0.1, 0.15) is 18.2 Å². The molecular formula is C23H35F2N3O6. The van der Waals surface area contributed by atoms with E-state index in [0.717, 1.165) is 32.1 Å². The number of rotatable bonds is 9. The Hall–Kier alpha value is -2.46. The number of carbonyl (C=O) groups excluding carboxylic acids is 3. The van der Waals surface area contributed by atoms with Crippen LogP contribution in [0.3, 0.4) is 0 Å². The summed E-state index contributed by atoms with van der Waals surface area (Å²) in [5.74, 6) is -5.19. The van der Waals surface area contributed by atoms with Gasteiger partial charge in [0, 0.05) is 25.3 Å². The smallest absolute Gasteiger partial charge is 0.408 e. The monoisotopic (exact) mass is 487 g/mol. The van der Waals surface area contributed by atoms with E-state index in [1.807, 2.05) is 0 Å². The molecule has 0 radical (unpaired) electrons. The van der Waals surface area contributed by atoms with Crippen LogP contribution in [0.5, 0.6) is 0 Å². The van der Waals surface area contributed by atoms with Gasteiger partial charge in [0.25, 0.3) is 0 Å². The number of hydrogen-bond donors (Lipinski definition) is 4. The SMILES string of the molecule is O=C(NC(CC1CCCCC1)C(=O)NC(C[C@@H]1CCNC1=O)C(=O)O)OC1CCC(F)(F)CC1. The predicted molar refractivity (Wildman–Crippen MR) is 117 cm³/mol. The lowest BCUT2D eigenvalue weighted by molar-refractivity contribution is -0.143. The van der Waals surface area contributed by atoms with Gasteiger partial charge >= 0.3 is 12.1 Å². The summed E-state index contributed by atoms with van der Waals surface area (Å²) in [6.07, 6.45) is 3.62. The lowest BCUT2D eigenvalue weighted by atomic mass is 9.84. The summed E-state index contributed by atoms with van der Waals surface area (Å²) in [6, 6.07) is -2.28. The van der Waals surface area contributed by atoms with Crippen molar-refractivity contribution in [3.05, 3.63) is 0 Å². The summed E-state index contributed by atoms with van der Waals surface area (Å²) in [5.41, 5.74) is 0. The van der Waals surface area contributed by atoms with Crippen LogP contribution >= 0.6 is 0 Å². The van der Waals surface area contributed by atoms with Crippen LogP contribution in [0.1, 0.15) is 77.0 Å². The minimum Gasteiger partial charge on any atom is -0.480 e. The zero-order chi connectivity index (χ0) is 24.7. The van der Waals surface area contributed by atoms with E-state index in [-0.39, 0.29) is 43.9 Å². The molecule has 4 N–H and O–H groups in total. The number of nitrogens with one attached hydrogen (secondary N) is 3. The highest BCUT2D eigenvalue weighted by molar-refractivity contribution is 5.90. The van der Waals surface area contributed by atoms with Crippen molar-refractivity contribution >= 4 is 23.9 Å². The lowest BCUT2D eigenvalue weighted by Gasteiger charge is -2.30. The maximum absolute atomic E-state index is 13.4. The van der Waals surface area contributed by atoms with E-state index in [1.165, 1.54) is 0 Å². The summed E-state index contributed by atoms with van der Waals surface area (Å²) in [5, 5.41) is 17.3. The lowest BCUT2D eigenvalue weighted by Crippen LogP contribution is -2.53. The van der Waals surface area contributed by atoms with E-state index in [0.29, 0.717) is 19.4 Å². The first kappa shape index (κ1) is 26.2. The number of halogens is 2. The molecule has 1 saturated heterocycles. The summed E-state index contributed by atoms with van der Waals surface area (Å²) < 4.78 is 32.0. The molecule has 0 aromatic heterocycles. The third-order valence-corrected chi connectivity index (χ3v) is 7.14. The van der Waals surface area contributed by atoms with E-state index in [2.05, 4.69) is 16.0 Å². The average molecular weight is 488 g/mol. The van der Waals surface area contributed by atoms with Gasteiger partial charge < -0.3 is 25.8 Å². The summed E-state index contributed by atoms with van der Waals surface area (Å²) in [4.78, 5) is 49.2. The second kappa shape index (κ2) is 11.8. The Morgan fingerprint density at radius 3 is 2.26 bits per heavy atom. The van der Waals surface area contributed by atoms with E-state index in [9.17, 15) is 33.1 Å². The number of alkyl carbamates (subject to hydrolysis) is 1. The van der Waals surface area contributed by atoms with E-state index in [1.54, 1.807) is 0 Å². The number of alkyl halides is 2. The maximum Gasteiger partial charge on any atom is 0.408 e. The first-order chi connectivity index (χ1) is 16.1. The maximum atomic E-state index is 13.4. The number of hydrogen-bond acceptors (Lipinski definition) is 5. The van der Waals surface area contributed by atoms with Gasteiger partial charge in [-0.25, -0.2) is 18.4 Å². The molecule has 3 rings (SSSR count). The molecule has 2 saturated carbocycles. The third-order valence-electron chi connectivity index (χ3n) is 7.14. The zero-order valence-corrected chi connectivity index (χ0v) is 19.3. The normalized spacial score (nSPS) is 25.1. The Morgan fingerprint density at radius 1 is 1.00 bits per heavy atom. The molecule has 3 amide bonds. The summed E-state index contributed by atoms with van der Waals surface area (Å²) in [6.45, 7) is 0.467. The van der Waals surface area contributed by atoms with Gasteiger partial charge in [-0.2, -0.15) is 0 Å². The van der Waals surface area contributed by atoms with Crippen LogP contribution in [0.2, 0.25) is 0 Å². The number of carboxylic acids is 1.